The second-order valence-electron chi connectivity index (χ2n) is 5.40. The normalized spacial score (nSPS) is 12.2. The van der Waals surface area contributed by atoms with Crippen molar-refractivity contribution in [2.45, 2.75) is 39.2 Å². The van der Waals surface area contributed by atoms with Crippen LogP contribution in [0.5, 0.6) is 5.75 Å². The summed E-state index contributed by atoms with van der Waals surface area (Å²) in [5, 5.41) is 0. The van der Waals surface area contributed by atoms with Gasteiger partial charge in [0.05, 0.1) is 11.7 Å². The summed E-state index contributed by atoms with van der Waals surface area (Å²) in [4.78, 5) is 12.9. The third kappa shape index (κ3) is 3.72. The van der Waals surface area contributed by atoms with Crippen molar-refractivity contribution < 1.29 is 9.53 Å². The van der Waals surface area contributed by atoms with Crippen LogP contribution >= 0.6 is 0 Å². The van der Waals surface area contributed by atoms with E-state index in [4.69, 9.17) is 4.74 Å². The summed E-state index contributed by atoms with van der Waals surface area (Å²) in [6, 6.07) is 17.4. The van der Waals surface area contributed by atoms with E-state index in [0.29, 0.717) is 11.3 Å². The molecule has 2 aromatic rings. The van der Waals surface area contributed by atoms with Gasteiger partial charge in [0.25, 0.3) is 0 Å². The summed E-state index contributed by atoms with van der Waals surface area (Å²) in [5.74, 6) is 0.676. The van der Waals surface area contributed by atoms with Crippen LogP contribution in [0.4, 0.5) is 0 Å². The molecule has 0 saturated heterocycles. The maximum Gasteiger partial charge on any atom is 0.174 e. The number of carbonyl (C=O) groups is 1. The van der Waals surface area contributed by atoms with E-state index >= 15 is 0 Å². The number of carbonyl (C=O) groups excluding carboxylic acids is 1. The van der Waals surface area contributed by atoms with Crippen molar-refractivity contribution in [1.29, 1.82) is 0 Å². The average molecular weight is 282 g/mol. The van der Waals surface area contributed by atoms with Crippen molar-refractivity contribution in [2.24, 2.45) is 0 Å². The van der Waals surface area contributed by atoms with Crippen LogP contribution in [0, 0.1) is 0 Å². The molecule has 0 bridgehead atoms. The average Bonchev–Trinajstić information content (AvgIpc) is 2.49. The summed E-state index contributed by atoms with van der Waals surface area (Å²) in [6.45, 7) is 5.98. The van der Waals surface area contributed by atoms with Gasteiger partial charge in [-0.25, -0.2) is 0 Å². The highest BCUT2D eigenvalue weighted by molar-refractivity contribution is 6.03. The minimum Gasteiger partial charge on any atom is -0.490 e. The Morgan fingerprint density at radius 1 is 1.00 bits per heavy atom. The highest BCUT2D eigenvalue weighted by Crippen LogP contribution is 2.29. The molecule has 2 aromatic carbocycles. The zero-order valence-corrected chi connectivity index (χ0v) is 12.9. The lowest BCUT2D eigenvalue weighted by molar-refractivity contribution is 0.0951. The van der Waals surface area contributed by atoms with Crippen molar-refractivity contribution >= 4 is 5.78 Å². The molecule has 0 aliphatic rings. The van der Waals surface area contributed by atoms with Gasteiger partial charge in [-0.1, -0.05) is 49.4 Å². The molecule has 2 heteroatoms. The number of hydrogen-bond donors (Lipinski definition) is 0. The van der Waals surface area contributed by atoms with Gasteiger partial charge in [0.2, 0.25) is 0 Å². The molecule has 0 amide bonds. The van der Waals surface area contributed by atoms with E-state index in [-0.39, 0.29) is 17.8 Å². The Balaban J connectivity index is 2.34. The van der Waals surface area contributed by atoms with Crippen LogP contribution in [-0.2, 0) is 0 Å². The molecule has 0 aliphatic heterocycles. The molecular weight excluding hydrogens is 260 g/mol. The molecule has 110 valence electrons. The van der Waals surface area contributed by atoms with E-state index in [0.717, 1.165) is 12.0 Å². The minimum atomic E-state index is -0.122. The first kappa shape index (κ1) is 15.3. The molecule has 2 nitrogen and oxygen atoms in total. The largest absolute Gasteiger partial charge is 0.490 e. The number of hydrogen-bond acceptors (Lipinski definition) is 2. The molecule has 0 saturated carbocycles. The van der Waals surface area contributed by atoms with Crippen molar-refractivity contribution in [3.05, 3.63) is 65.7 Å². The van der Waals surface area contributed by atoms with Gasteiger partial charge >= 0.3 is 0 Å². The van der Waals surface area contributed by atoms with Crippen LogP contribution in [-0.4, -0.2) is 11.9 Å². The summed E-state index contributed by atoms with van der Waals surface area (Å²) < 4.78 is 5.78. The quantitative estimate of drug-likeness (QED) is 0.708. The maximum atomic E-state index is 12.9. The Morgan fingerprint density at radius 2 is 1.62 bits per heavy atom. The van der Waals surface area contributed by atoms with Gasteiger partial charge in [0.1, 0.15) is 5.75 Å². The molecule has 1 atom stereocenters. The van der Waals surface area contributed by atoms with Crippen molar-refractivity contribution in [3.8, 4) is 5.75 Å². The first-order chi connectivity index (χ1) is 10.1. The summed E-state index contributed by atoms with van der Waals surface area (Å²) >= 11 is 0. The number of para-hydroxylation sites is 1. The summed E-state index contributed by atoms with van der Waals surface area (Å²) in [7, 11) is 0. The molecule has 0 N–H and O–H groups in total. The summed E-state index contributed by atoms with van der Waals surface area (Å²) in [6.07, 6.45) is 0.828. The number of Topliss-reactive ketones (excluding diaryl/α,β-unsaturated/α-hetero) is 1. The van der Waals surface area contributed by atoms with Crippen molar-refractivity contribution in [2.75, 3.05) is 0 Å². The zero-order chi connectivity index (χ0) is 15.2. The maximum absolute atomic E-state index is 12.9. The third-order valence-electron chi connectivity index (χ3n) is 3.44. The van der Waals surface area contributed by atoms with Gasteiger partial charge in [-0.2, -0.15) is 0 Å². The monoisotopic (exact) mass is 282 g/mol. The zero-order valence-electron chi connectivity index (χ0n) is 12.9. The third-order valence-corrected chi connectivity index (χ3v) is 3.44. The van der Waals surface area contributed by atoms with Gasteiger partial charge in [0, 0.05) is 5.92 Å². The first-order valence-corrected chi connectivity index (χ1v) is 7.48. The molecule has 1 unspecified atom stereocenters. The predicted molar refractivity (Wildman–Crippen MR) is 86.0 cm³/mol. The van der Waals surface area contributed by atoms with E-state index in [2.05, 4.69) is 0 Å². The molecule has 0 fully saturated rings. The molecule has 21 heavy (non-hydrogen) atoms. The number of ether oxygens (including phenoxy) is 1. The lowest BCUT2D eigenvalue weighted by Crippen LogP contribution is -2.15. The molecule has 0 spiro atoms. The lowest BCUT2D eigenvalue weighted by Gasteiger charge is -2.18. The topological polar surface area (TPSA) is 26.3 Å². The van der Waals surface area contributed by atoms with Gasteiger partial charge in [-0.15, -0.1) is 0 Å². The van der Waals surface area contributed by atoms with Crippen LogP contribution in [0.15, 0.2) is 54.6 Å². The second-order valence-corrected chi connectivity index (χ2v) is 5.40. The number of rotatable bonds is 6. The Kier molecular flexibility index (Phi) is 5.15. The first-order valence-electron chi connectivity index (χ1n) is 7.48. The fourth-order valence-corrected chi connectivity index (χ4v) is 2.47. The van der Waals surface area contributed by atoms with Gasteiger partial charge in [-0.3, -0.25) is 4.79 Å². The van der Waals surface area contributed by atoms with E-state index in [9.17, 15) is 4.79 Å². The van der Waals surface area contributed by atoms with Crippen LogP contribution < -0.4 is 4.74 Å². The predicted octanol–water partition coefficient (Wildman–Crippen LogP) is 4.85. The van der Waals surface area contributed by atoms with Crippen molar-refractivity contribution in [1.82, 2.24) is 0 Å². The highest BCUT2D eigenvalue weighted by Gasteiger charge is 2.23. The fourth-order valence-electron chi connectivity index (χ4n) is 2.47. The Hall–Kier alpha value is -2.09. The Labute approximate surface area is 126 Å². The fraction of sp³-hybridized carbons (Fsp3) is 0.316. The molecule has 0 aromatic heterocycles. The van der Waals surface area contributed by atoms with Crippen molar-refractivity contribution in [3.63, 3.8) is 0 Å². The minimum absolute atomic E-state index is 0.0516. The van der Waals surface area contributed by atoms with Crippen LogP contribution in [0.25, 0.3) is 0 Å². The molecule has 2 rings (SSSR count). The molecule has 0 heterocycles. The smallest absolute Gasteiger partial charge is 0.174 e. The number of benzene rings is 2. The molecular formula is C19H22O2. The van der Waals surface area contributed by atoms with Crippen LogP contribution in [0.1, 0.15) is 49.0 Å². The SMILES string of the molecule is CCC(C(=O)c1ccccc1OC(C)C)c1ccccc1. The van der Waals surface area contributed by atoms with Gasteiger partial charge < -0.3 is 4.74 Å². The molecule has 0 radical (unpaired) electrons. The van der Waals surface area contributed by atoms with E-state index in [1.807, 2.05) is 75.4 Å². The van der Waals surface area contributed by atoms with Gasteiger partial charge in [0.15, 0.2) is 5.78 Å². The Morgan fingerprint density at radius 3 is 2.24 bits per heavy atom. The highest BCUT2D eigenvalue weighted by atomic mass is 16.5. The summed E-state index contributed by atoms with van der Waals surface area (Å²) in [5.41, 5.74) is 1.73. The standard InChI is InChI=1S/C19H22O2/c1-4-16(15-10-6-5-7-11-15)19(20)17-12-8-9-13-18(17)21-14(2)3/h5-14,16H,4H2,1-3H3. The van der Waals surface area contributed by atoms with Gasteiger partial charge in [-0.05, 0) is 38.0 Å². The van der Waals surface area contributed by atoms with E-state index in [1.54, 1.807) is 0 Å². The Bertz CT molecular complexity index is 588. The van der Waals surface area contributed by atoms with Crippen LogP contribution in [0.2, 0.25) is 0 Å². The van der Waals surface area contributed by atoms with Crippen LogP contribution in [0.3, 0.4) is 0 Å². The van der Waals surface area contributed by atoms with E-state index < -0.39 is 0 Å². The van der Waals surface area contributed by atoms with E-state index in [1.165, 1.54) is 0 Å². The second kappa shape index (κ2) is 7.07. The molecule has 0 aliphatic carbocycles. The number of ketones is 1. The lowest BCUT2D eigenvalue weighted by atomic mass is 9.88.